The van der Waals surface area contributed by atoms with Gasteiger partial charge in [0.15, 0.2) is 4.60 Å². The normalized spacial score (nSPS) is 10.4. The van der Waals surface area contributed by atoms with E-state index in [9.17, 15) is 4.79 Å². The number of methoxy groups -OCH3 is 1. The summed E-state index contributed by atoms with van der Waals surface area (Å²) in [5, 5.41) is 7.53. The fourth-order valence-electron chi connectivity index (χ4n) is 1.62. The molecule has 1 aromatic carbocycles. The lowest BCUT2D eigenvalue weighted by atomic mass is 10.1. The van der Waals surface area contributed by atoms with Crippen molar-refractivity contribution < 1.29 is 9.53 Å². The van der Waals surface area contributed by atoms with Crippen molar-refractivity contribution in [2.75, 3.05) is 12.8 Å². The van der Waals surface area contributed by atoms with Gasteiger partial charge in [0.1, 0.15) is 11.4 Å². The third-order valence-corrected chi connectivity index (χ3v) is 3.07. The number of benzene rings is 1. The van der Waals surface area contributed by atoms with Crippen LogP contribution in [0.2, 0.25) is 0 Å². The highest BCUT2D eigenvalue weighted by molar-refractivity contribution is 9.10. The molecule has 0 bridgehead atoms. The third kappa shape index (κ3) is 1.97. The number of halogens is 1. The maximum Gasteiger partial charge on any atom is 0.216 e. The summed E-state index contributed by atoms with van der Waals surface area (Å²) >= 11 is 3.19. The van der Waals surface area contributed by atoms with Gasteiger partial charge >= 0.3 is 0 Å². The number of hydrogen-bond donors (Lipinski definition) is 1. The number of ketones is 1. The molecule has 1 heterocycles. The SMILES string of the molecule is COc1cccc(C(=O)c2c(Br)nnn2C)c1N. The summed E-state index contributed by atoms with van der Waals surface area (Å²) < 4.78 is 6.87. The smallest absolute Gasteiger partial charge is 0.216 e. The van der Waals surface area contributed by atoms with Crippen molar-refractivity contribution in [3.63, 3.8) is 0 Å². The summed E-state index contributed by atoms with van der Waals surface area (Å²) in [7, 11) is 3.14. The van der Waals surface area contributed by atoms with Gasteiger partial charge in [0, 0.05) is 7.05 Å². The van der Waals surface area contributed by atoms with E-state index in [1.165, 1.54) is 11.8 Å². The largest absolute Gasteiger partial charge is 0.495 e. The van der Waals surface area contributed by atoms with Crippen LogP contribution in [0.4, 0.5) is 5.69 Å². The molecule has 18 heavy (non-hydrogen) atoms. The van der Waals surface area contributed by atoms with Crippen LogP contribution in [0.5, 0.6) is 5.75 Å². The Hall–Kier alpha value is -1.89. The molecule has 0 aliphatic heterocycles. The zero-order valence-corrected chi connectivity index (χ0v) is 11.4. The molecule has 0 spiro atoms. The van der Waals surface area contributed by atoms with E-state index >= 15 is 0 Å². The first kappa shape index (κ1) is 12.6. The lowest BCUT2D eigenvalue weighted by Crippen LogP contribution is -2.11. The van der Waals surface area contributed by atoms with Gasteiger partial charge in [-0.3, -0.25) is 4.79 Å². The molecule has 0 aliphatic rings. The second-order valence-electron chi connectivity index (χ2n) is 3.60. The molecule has 0 saturated heterocycles. The van der Waals surface area contributed by atoms with E-state index in [-0.39, 0.29) is 5.78 Å². The number of hydrogen-bond acceptors (Lipinski definition) is 5. The van der Waals surface area contributed by atoms with Gasteiger partial charge in [0.05, 0.1) is 18.4 Å². The number of para-hydroxylation sites is 1. The molecule has 0 amide bonds. The van der Waals surface area contributed by atoms with Crippen molar-refractivity contribution in [3.8, 4) is 5.75 Å². The minimum atomic E-state index is -0.259. The van der Waals surface area contributed by atoms with Crippen LogP contribution in [0.3, 0.4) is 0 Å². The molecule has 0 radical (unpaired) electrons. The number of aromatic nitrogens is 3. The van der Waals surface area contributed by atoms with E-state index in [1.807, 2.05) is 0 Å². The average Bonchev–Trinajstić information content (AvgIpc) is 2.68. The minimum Gasteiger partial charge on any atom is -0.495 e. The highest BCUT2D eigenvalue weighted by Crippen LogP contribution is 2.27. The molecule has 0 aliphatic carbocycles. The van der Waals surface area contributed by atoms with Crippen molar-refractivity contribution >= 4 is 27.4 Å². The van der Waals surface area contributed by atoms with Gasteiger partial charge in [-0.1, -0.05) is 11.3 Å². The van der Waals surface area contributed by atoms with Crippen LogP contribution in [0.25, 0.3) is 0 Å². The summed E-state index contributed by atoms with van der Waals surface area (Å²) in [6.45, 7) is 0. The van der Waals surface area contributed by atoms with Crippen LogP contribution < -0.4 is 10.5 Å². The molecule has 1 aromatic heterocycles. The first-order chi connectivity index (χ1) is 8.56. The molecule has 0 fully saturated rings. The minimum absolute atomic E-state index is 0.259. The molecule has 7 heteroatoms. The highest BCUT2D eigenvalue weighted by Gasteiger charge is 2.21. The van der Waals surface area contributed by atoms with Crippen molar-refractivity contribution in [2.24, 2.45) is 7.05 Å². The predicted octanol–water partition coefficient (Wildman–Crippen LogP) is 1.40. The molecule has 2 N–H and O–H groups in total. The Labute approximate surface area is 112 Å². The second-order valence-corrected chi connectivity index (χ2v) is 4.35. The fraction of sp³-hybridized carbons (Fsp3) is 0.182. The lowest BCUT2D eigenvalue weighted by Gasteiger charge is -2.09. The summed E-state index contributed by atoms with van der Waals surface area (Å²) in [4.78, 5) is 12.4. The Balaban J connectivity index is 2.53. The number of carbonyl (C=O) groups is 1. The number of nitrogen functional groups attached to an aromatic ring is 1. The molecular formula is C11H11BrN4O2. The maximum absolute atomic E-state index is 12.4. The van der Waals surface area contributed by atoms with Crippen molar-refractivity contribution in [1.82, 2.24) is 15.0 Å². The molecule has 2 aromatic rings. The fourth-order valence-corrected chi connectivity index (χ4v) is 2.13. The van der Waals surface area contributed by atoms with Crippen molar-refractivity contribution in [3.05, 3.63) is 34.1 Å². The van der Waals surface area contributed by atoms with E-state index in [2.05, 4.69) is 26.2 Å². The summed E-state index contributed by atoms with van der Waals surface area (Å²) in [6, 6.07) is 5.04. The van der Waals surface area contributed by atoms with Gasteiger partial charge in [0.25, 0.3) is 0 Å². The van der Waals surface area contributed by atoms with Crippen molar-refractivity contribution in [1.29, 1.82) is 0 Å². The number of ether oxygens (including phenoxy) is 1. The predicted molar refractivity (Wildman–Crippen MR) is 69.5 cm³/mol. The van der Waals surface area contributed by atoms with E-state index in [0.717, 1.165) is 0 Å². The van der Waals surface area contributed by atoms with Crippen LogP contribution >= 0.6 is 15.9 Å². The molecule has 0 atom stereocenters. The van der Waals surface area contributed by atoms with E-state index in [1.54, 1.807) is 25.2 Å². The lowest BCUT2D eigenvalue weighted by molar-refractivity contribution is 0.103. The quantitative estimate of drug-likeness (QED) is 0.684. The van der Waals surface area contributed by atoms with E-state index in [0.29, 0.717) is 27.3 Å². The van der Waals surface area contributed by atoms with E-state index < -0.39 is 0 Å². The number of carbonyl (C=O) groups excluding carboxylic acids is 1. The Morgan fingerprint density at radius 1 is 1.50 bits per heavy atom. The van der Waals surface area contributed by atoms with Crippen LogP contribution in [0.1, 0.15) is 16.1 Å². The van der Waals surface area contributed by atoms with Crippen LogP contribution in [0.15, 0.2) is 22.8 Å². The molecule has 0 saturated carbocycles. The van der Waals surface area contributed by atoms with Crippen LogP contribution in [0, 0.1) is 0 Å². The number of nitrogens with two attached hydrogens (primary N) is 1. The molecular weight excluding hydrogens is 300 g/mol. The number of nitrogens with zero attached hydrogens (tertiary/aromatic N) is 3. The molecule has 0 unspecified atom stereocenters. The van der Waals surface area contributed by atoms with Gasteiger partial charge in [-0.05, 0) is 28.1 Å². The summed E-state index contributed by atoms with van der Waals surface area (Å²) in [6.07, 6.45) is 0. The Bertz CT molecular complexity index is 590. The standard InChI is InChI=1S/C11H11BrN4O2/c1-16-9(11(12)14-15-16)10(17)6-4-3-5-7(18-2)8(6)13/h3-5H,13H2,1-2H3. The Morgan fingerprint density at radius 2 is 2.22 bits per heavy atom. The number of rotatable bonds is 3. The number of aryl methyl sites for hydroxylation is 1. The van der Waals surface area contributed by atoms with Gasteiger partial charge in [-0.25, -0.2) is 4.68 Å². The monoisotopic (exact) mass is 310 g/mol. The zero-order chi connectivity index (χ0) is 13.3. The van der Waals surface area contributed by atoms with Gasteiger partial charge < -0.3 is 10.5 Å². The van der Waals surface area contributed by atoms with Gasteiger partial charge in [-0.2, -0.15) is 0 Å². The summed E-state index contributed by atoms with van der Waals surface area (Å²) in [5.41, 5.74) is 6.90. The topological polar surface area (TPSA) is 83.0 Å². The Kier molecular flexibility index (Phi) is 3.33. The molecule has 6 nitrogen and oxygen atoms in total. The zero-order valence-electron chi connectivity index (χ0n) is 9.85. The molecule has 94 valence electrons. The summed E-state index contributed by atoms with van der Waals surface area (Å²) in [5.74, 6) is 0.206. The van der Waals surface area contributed by atoms with Gasteiger partial charge in [-0.15, -0.1) is 5.10 Å². The molecule has 2 rings (SSSR count). The maximum atomic E-state index is 12.4. The average molecular weight is 311 g/mol. The number of anilines is 1. The first-order valence-corrected chi connectivity index (χ1v) is 5.88. The van der Waals surface area contributed by atoms with Crippen LogP contribution in [-0.4, -0.2) is 27.9 Å². The third-order valence-electron chi connectivity index (χ3n) is 2.53. The highest BCUT2D eigenvalue weighted by atomic mass is 79.9. The second kappa shape index (κ2) is 4.77. The van der Waals surface area contributed by atoms with Gasteiger partial charge in [0.2, 0.25) is 5.78 Å². The van der Waals surface area contributed by atoms with Crippen molar-refractivity contribution in [2.45, 2.75) is 0 Å². The Morgan fingerprint density at radius 3 is 2.78 bits per heavy atom. The van der Waals surface area contributed by atoms with E-state index in [4.69, 9.17) is 10.5 Å². The first-order valence-electron chi connectivity index (χ1n) is 5.08. The van der Waals surface area contributed by atoms with Crippen LogP contribution in [-0.2, 0) is 7.05 Å².